The molecule has 0 saturated carbocycles. The molecule has 0 fully saturated rings. The van der Waals surface area contributed by atoms with Crippen LogP contribution in [-0.4, -0.2) is 16.9 Å². The Morgan fingerprint density at radius 1 is 0.328 bits per heavy atom. The van der Waals surface area contributed by atoms with Crippen molar-refractivity contribution < 1.29 is 0 Å². The maximum absolute atomic E-state index is 2.76. The second kappa shape index (κ2) is 14.5. The van der Waals surface area contributed by atoms with Crippen LogP contribution in [0.1, 0.15) is 0 Å². The first kappa shape index (κ1) is 34.8. The van der Waals surface area contributed by atoms with Crippen LogP contribution < -0.4 is 41.2 Å². The lowest BCUT2D eigenvalue weighted by atomic mass is 9.97. The Morgan fingerprint density at radius 3 is 1.41 bits per heavy atom. The Hall–Kier alpha value is -6.44. The number of benzene rings is 9. The van der Waals surface area contributed by atoms with Crippen LogP contribution in [0.5, 0.6) is 0 Å². The molecule has 1 nitrogen and oxygen atoms in total. The van der Waals surface area contributed by atoms with E-state index in [9.17, 15) is 0 Å². The van der Waals surface area contributed by atoms with Crippen LogP contribution in [0.3, 0.4) is 0 Å². The van der Waals surface area contributed by atoms with Gasteiger partial charge >= 0.3 is 0 Å². The van der Waals surface area contributed by atoms with Crippen LogP contribution in [0, 0.1) is 0 Å². The maximum atomic E-state index is 2.58. The van der Waals surface area contributed by atoms with E-state index in [1.807, 2.05) is 11.8 Å². The minimum atomic E-state index is -2.76. The second-order valence-electron chi connectivity index (χ2n) is 15.0. The first-order chi connectivity index (χ1) is 28.8. The van der Waals surface area contributed by atoms with Gasteiger partial charge in [0, 0.05) is 26.9 Å². The number of fused-ring (bicyclic) bond motifs is 8. The molecule has 58 heavy (non-hydrogen) atoms. The summed E-state index contributed by atoms with van der Waals surface area (Å²) in [6.07, 6.45) is 0. The zero-order valence-corrected chi connectivity index (χ0v) is 34.6. The number of rotatable bonds is 6. The standard InChI is InChI=1S/C54H38NSSi2/c1-5-19-39(20-6-1)41-35-42(40-21-7-2-8-22-40)37-45(36-41)55(43-23-9-3-10-24-43)44-33-34-54-50(38-44)57(46-25-11-4-12-26-46)49-29-15-18-32-53(49)58(54)51-30-16-13-27-47(51)56-48-28-14-17-31-52(48)58/h1-38H. The van der Waals surface area contributed by atoms with E-state index in [0.29, 0.717) is 0 Å². The van der Waals surface area contributed by atoms with Crippen molar-refractivity contribution in [3.63, 3.8) is 0 Å². The molecular weight excluding hydrogens is 751 g/mol. The topological polar surface area (TPSA) is 3.24 Å². The van der Waals surface area contributed by atoms with Crippen molar-refractivity contribution in [1.29, 1.82) is 0 Å². The van der Waals surface area contributed by atoms with Crippen molar-refractivity contribution >= 4 is 82.0 Å². The Bertz CT molecular complexity index is 2830. The van der Waals surface area contributed by atoms with E-state index in [4.69, 9.17) is 0 Å². The first-order valence-electron chi connectivity index (χ1n) is 19.9. The minimum absolute atomic E-state index is 1.13. The van der Waals surface area contributed by atoms with Crippen LogP contribution in [0.25, 0.3) is 22.3 Å². The fraction of sp³-hybridized carbons (Fsp3) is 0. The lowest BCUT2D eigenvalue weighted by Crippen LogP contribution is -2.87. The third-order valence-corrected chi connectivity index (χ3v) is 21.6. The minimum Gasteiger partial charge on any atom is -0.310 e. The summed E-state index contributed by atoms with van der Waals surface area (Å²) < 4.78 is 0. The van der Waals surface area contributed by atoms with E-state index in [-0.39, 0.29) is 0 Å². The van der Waals surface area contributed by atoms with Gasteiger partial charge in [-0.2, -0.15) is 0 Å². The van der Waals surface area contributed by atoms with Crippen LogP contribution in [0.15, 0.2) is 240 Å². The monoisotopic (exact) mass is 788 g/mol. The summed E-state index contributed by atoms with van der Waals surface area (Å²) in [4.78, 5) is 5.24. The lowest BCUT2D eigenvalue weighted by Gasteiger charge is -2.46. The summed E-state index contributed by atoms with van der Waals surface area (Å²) in [6.45, 7) is 0. The van der Waals surface area contributed by atoms with E-state index >= 15 is 0 Å². The summed E-state index contributed by atoms with van der Waals surface area (Å²) >= 11 is 1.93. The summed E-state index contributed by atoms with van der Waals surface area (Å²) in [5.74, 6) is 0. The normalized spacial score (nSPS) is 13.5. The predicted octanol–water partition coefficient (Wildman–Crippen LogP) is 9.16. The fourth-order valence-electron chi connectivity index (χ4n) is 9.37. The number of para-hydroxylation sites is 1. The van der Waals surface area contributed by atoms with Gasteiger partial charge in [0.25, 0.3) is 0 Å². The summed E-state index contributed by atoms with van der Waals surface area (Å²) in [5, 5.41) is 10.5. The lowest BCUT2D eigenvalue weighted by molar-refractivity contribution is 1.29. The smallest absolute Gasteiger partial charge is 0.181 e. The van der Waals surface area contributed by atoms with Crippen molar-refractivity contribution in [1.82, 2.24) is 0 Å². The zero-order chi connectivity index (χ0) is 38.5. The molecule has 0 unspecified atom stereocenters. The molecular formula is C54H38NSSi2. The highest BCUT2D eigenvalue weighted by Crippen LogP contribution is 2.40. The van der Waals surface area contributed by atoms with Gasteiger partial charge in [-0.15, -0.1) is 0 Å². The van der Waals surface area contributed by atoms with Crippen LogP contribution in [-0.2, 0) is 0 Å². The van der Waals surface area contributed by atoms with Gasteiger partial charge in [0.05, 0.1) is 0 Å². The van der Waals surface area contributed by atoms with E-state index < -0.39 is 16.9 Å². The van der Waals surface area contributed by atoms with E-state index in [1.54, 1.807) is 0 Å². The number of hydrogen-bond donors (Lipinski definition) is 0. The van der Waals surface area contributed by atoms with Gasteiger partial charge in [0.1, 0.15) is 0 Å². The molecule has 0 N–H and O–H groups in total. The highest BCUT2D eigenvalue weighted by molar-refractivity contribution is 8.00. The zero-order valence-electron chi connectivity index (χ0n) is 31.8. The molecule has 0 amide bonds. The average molecular weight is 789 g/mol. The van der Waals surface area contributed by atoms with Gasteiger partial charge in [0.15, 0.2) is 16.9 Å². The Kier molecular flexibility index (Phi) is 8.69. The quantitative estimate of drug-likeness (QED) is 0.155. The van der Waals surface area contributed by atoms with Gasteiger partial charge in [-0.05, 0) is 103 Å². The second-order valence-corrected chi connectivity index (χ2v) is 22.2. The third kappa shape index (κ3) is 5.67. The highest BCUT2D eigenvalue weighted by atomic mass is 32.2. The van der Waals surface area contributed by atoms with Crippen molar-refractivity contribution in [2.45, 2.75) is 9.79 Å². The molecule has 9 aromatic rings. The number of nitrogens with zero attached hydrogens (tertiary/aromatic N) is 1. The molecule has 0 saturated heterocycles. The van der Waals surface area contributed by atoms with Crippen molar-refractivity contribution in [2.75, 3.05) is 4.90 Å². The summed E-state index contributed by atoms with van der Waals surface area (Å²) in [7, 11) is -4.20. The molecule has 273 valence electrons. The van der Waals surface area contributed by atoms with Crippen LogP contribution >= 0.6 is 11.8 Å². The van der Waals surface area contributed by atoms with Gasteiger partial charge in [-0.3, -0.25) is 0 Å². The Balaban J connectivity index is 1.22. The average Bonchev–Trinajstić information content (AvgIpc) is 3.30. The van der Waals surface area contributed by atoms with Gasteiger partial charge in [-0.1, -0.05) is 198 Å². The maximum Gasteiger partial charge on any atom is 0.181 e. The fourth-order valence-corrected chi connectivity index (χ4v) is 21.0. The Morgan fingerprint density at radius 2 is 0.810 bits per heavy atom. The molecule has 9 aromatic carbocycles. The highest BCUT2D eigenvalue weighted by Gasteiger charge is 2.53. The number of hydrogen-bond acceptors (Lipinski definition) is 2. The SMILES string of the molecule is c1ccc(-c2cc(-c3ccccc3)cc(N(c3ccccc3)c3ccc4c(c3)[Si](c3ccccc3)c3ccccc3[Si]43c4ccccc4Sc4ccccc43)c2)cc1. The summed E-state index contributed by atoms with van der Waals surface area (Å²) in [6, 6.07) is 86.5. The molecule has 0 aromatic heterocycles. The van der Waals surface area contributed by atoms with Gasteiger partial charge in [0.2, 0.25) is 0 Å². The summed E-state index contributed by atoms with van der Waals surface area (Å²) in [5.41, 5.74) is 8.22. The van der Waals surface area contributed by atoms with Crippen LogP contribution in [0.4, 0.5) is 17.1 Å². The molecule has 0 atom stereocenters. The van der Waals surface area contributed by atoms with Gasteiger partial charge in [-0.25, -0.2) is 0 Å². The molecule has 1 radical (unpaired) electrons. The molecule has 0 bridgehead atoms. The largest absolute Gasteiger partial charge is 0.310 e. The predicted molar refractivity (Wildman–Crippen MR) is 251 cm³/mol. The van der Waals surface area contributed by atoms with E-state index in [2.05, 4.69) is 235 Å². The molecule has 0 aliphatic carbocycles. The van der Waals surface area contributed by atoms with Crippen LogP contribution in [0.2, 0.25) is 0 Å². The van der Waals surface area contributed by atoms with E-state index in [1.165, 1.54) is 74.0 Å². The van der Waals surface area contributed by atoms with Gasteiger partial charge < -0.3 is 4.90 Å². The molecule has 1 spiro atoms. The molecule has 4 heteroatoms. The van der Waals surface area contributed by atoms with E-state index in [0.717, 1.165) is 11.4 Å². The first-order valence-corrected chi connectivity index (χ1v) is 24.2. The Labute approximate surface area is 347 Å². The van der Waals surface area contributed by atoms with Crippen molar-refractivity contribution in [2.24, 2.45) is 0 Å². The molecule has 2 heterocycles. The van der Waals surface area contributed by atoms with Crippen molar-refractivity contribution in [3.8, 4) is 22.3 Å². The van der Waals surface area contributed by atoms with Crippen molar-refractivity contribution in [3.05, 3.63) is 231 Å². The number of anilines is 3. The third-order valence-electron chi connectivity index (χ3n) is 11.8. The molecule has 2 aliphatic rings. The molecule has 11 rings (SSSR count). The molecule has 2 aliphatic heterocycles.